The lowest BCUT2D eigenvalue weighted by atomic mass is 10.3. The first-order valence-corrected chi connectivity index (χ1v) is 7.94. The number of hydrogen-bond acceptors (Lipinski definition) is 1. The maximum Gasteiger partial charge on any atom is 0.341 e. The molecule has 0 bridgehead atoms. The van der Waals surface area contributed by atoms with Crippen LogP contribution in [0.2, 0.25) is 6.04 Å². The molecule has 68 valence electrons. The molecule has 0 saturated carbocycles. The molecule has 0 radical (unpaired) electrons. The summed E-state index contributed by atoms with van der Waals surface area (Å²) in [5, 5.41) is 8.20. The molecule has 0 aromatic carbocycles. The van der Waals surface area contributed by atoms with Gasteiger partial charge in [0.05, 0.1) is 0 Å². The first-order chi connectivity index (χ1) is 4.42. The van der Waals surface area contributed by atoms with E-state index in [4.69, 9.17) is 38.3 Å². The van der Waals surface area contributed by atoms with Crippen LogP contribution in [0.15, 0.2) is 0 Å². The molecule has 7 heteroatoms. The number of hydrogen-bond donors (Lipinski definition) is 1. The van der Waals surface area contributed by atoms with Gasteiger partial charge in [0.25, 0.3) is 0 Å². The van der Waals surface area contributed by atoms with Crippen molar-refractivity contribution in [3.8, 4) is 0 Å². The van der Waals surface area contributed by atoms with Crippen LogP contribution < -0.4 is 0 Å². The molecule has 0 aromatic heterocycles. The van der Waals surface area contributed by atoms with Crippen LogP contribution in [0.4, 0.5) is 0 Å². The smallest absolute Gasteiger partial charge is 0.341 e. The van der Waals surface area contributed by atoms with Crippen molar-refractivity contribution in [3.63, 3.8) is 0 Å². The van der Waals surface area contributed by atoms with Crippen molar-refractivity contribution < 1.29 is 9.90 Å². The second-order valence-electron chi connectivity index (χ2n) is 1.86. The summed E-state index contributed by atoms with van der Waals surface area (Å²) >= 11 is 16.5. The number of carbonyl (C=O) groups is 1. The highest BCUT2D eigenvalue weighted by atomic mass is 35.8. The molecule has 0 fully saturated rings. The number of carboxylic acids is 1. The van der Waals surface area contributed by atoms with E-state index in [1.54, 1.807) is 0 Å². The molecule has 1 N–H and O–H groups in total. The Morgan fingerprint density at radius 2 is 1.82 bits per heavy atom. The Hall–Kier alpha value is 0.847. The summed E-state index contributed by atoms with van der Waals surface area (Å²) in [4.78, 5) is 9.97. The predicted octanol–water partition coefficient (Wildman–Crippen LogP) is 2.93. The summed E-state index contributed by atoms with van der Waals surface area (Å²) in [5.41, 5.74) is 0. The minimum Gasteiger partial charge on any atom is -0.481 e. The monoisotopic (exact) mass is 256 g/mol. The van der Waals surface area contributed by atoms with Crippen LogP contribution in [0.1, 0.15) is 12.8 Å². The van der Waals surface area contributed by atoms with Gasteiger partial charge >= 0.3 is 12.0 Å². The standard InChI is InChI=1S/C4H7Cl3O2Si.ClH/c5-10(6,7)3-1-2-4(8)9;/h1-3H2,(H,8,9);1H. The molecule has 0 heterocycles. The van der Waals surface area contributed by atoms with Gasteiger partial charge in [-0.2, -0.15) is 0 Å². The first-order valence-electron chi connectivity index (χ1n) is 2.70. The van der Waals surface area contributed by atoms with Crippen molar-refractivity contribution in [2.45, 2.75) is 18.9 Å². The third-order valence-electron chi connectivity index (χ3n) is 0.851. The number of aliphatic carboxylic acids is 1. The summed E-state index contributed by atoms with van der Waals surface area (Å²) in [7, 11) is 0. The van der Waals surface area contributed by atoms with Gasteiger partial charge in [-0.15, -0.1) is 45.6 Å². The second-order valence-corrected chi connectivity index (χ2v) is 11.1. The molecule has 0 aliphatic carbocycles. The number of halogens is 4. The Bertz CT molecular complexity index is 124. The SMILES string of the molecule is Cl.O=C(O)CCC[Si](Cl)(Cl)Cl. The zero-order valence-electron chi connectivity index (χ0n) is 5.52. The Morgan fingerprint density at radius 3 is 2.09 bits per heavy atom. The van der Waals surface area contributed by atoms with Gasteiger partial charge < -0.3 is 5.11 Å². The second kappa shape index (κ2) is 6.37. The minimum absolute atomic E-state index is 0. The highest BCUT2D eigenvalue weighted by Gasteiger charge is 2.24. The van der Waals surface area contributed by atoms with Crippen LogP contribution >= 0.6 is 45.6 Å². The lowest BCUT2D eigenvalue weighted by Gasteiger charge is -2.04. The molecular weight excluding hydrogens is 250 g/mol. The molecule has 0 saturated heterocycles. The zero-order chi connectivity index (χ0) is 8.20. The zero-order valence-corrected chi connectivity index (χ0v) is 9.60. The maximum absolute atomic E-state index is 9.97. The van der Waals surface area contributed by atoms with Crippen LogP contribution in [0.25, 0.3) is 0 Å². The molecule has 0 unspecified atom stereocenters. The fourth-order valence-electron chi connectivity index (χ4n) is 0.440. The van der Waals surface area contributed by atoms with E-state index in [-0.39, 0.29) is 18.8 Å². The predicted molar refractivity (Wildman–Crippen MR) is 52.2 cm³/mol. The molecule has 0 aromatic rings. The molecular formula is C4H8Cl4O2Si. The van der Waals surface area contributed by atoms with Gasteiger partial charge in [-0.3, -0.25) is 4.79 Å². The average molecular weight is 258 g/mol. The van der Waals surface area contributed by atoms with E-state index < -0.39 is 12.0 Å². The Labute approximate surface area is 86.3 Å². The molecule has 0 amide bonds. The van der Waals surface area contributed by atoms with E-state index in [1.807, 2.05) is 0 Å². The van der Waals surface area contributed by atoms with Crippen molar-refractivity contribution in [2.24, 2.45) is 0 Å². The maximum atomic E-state index is 9.97. The van der Waals surface area contributed by atoms with E-state index in [0.717, 1.165) is 0 Å². The van der Waals surface area contributed by atoms with Crippen LogP contribution in [-0.4, -0.2) is 17.1 Å². The van der Waals surface area contributed by atoms with E-state index in [9.17, 15) is 4.79 Å². The first kappa shape index (κ1) is 14.4. The lowest BCUT2D eigenvalue weighted by molar-refractivity contribution is -0.137. The van der Waals surface area contributed by atoms with Crippen LogP contribution in [0.3, 0.4) is 0 Å². The van der Waals surface area contributed by atoms with Gasteiger partial charge in [-0.25, -0.2) is 0 Å². The normalized spacial score (nSPS) is 10.5. The van der Waals surface area contributed by atoms with Gasteiger partial charge in [0.1, 0.15) is 0 Å². The van der Waals surface area contributed by atoms with Gasteiger partial charge in [-0.05, 0) is 12.5 Å². The summed E-state index contributed by atoms with van der Waals surface area (Å²) < 4.78 is 0. The highest BCUT2D eigenvalue weighted by molar-refractivity contribution is 7.64. The van der Waals surface area contributed by atoms with E-state index in [0.29, 0.717) is 12.5 Å². The largest absolute Gasteiger partial charge is 0.481 e. The van der Waals surface area contributed by atoms with E-state index in [2.05, 4.69) is 0 Å². The van der Waals surface area contributed by atoms with Crippen molar-refractivity contribution in [2.75, 3.05) is 0 Å². The van der Waals surface area contributed by atoms with Crippen LogP contribution in [0, 0.1) is 0 Å². The Balaban J connectivity index is 0. The number of carboxylic acid groups (broad SMARTS) is 1. The van der Waals surface area contributed by atoms with E-state index in [1.165, 1.54) is 0 Å². The topological polar surface area (TPSA) is 37.3 Å². The molecule has 2 nitrogen and oxygen atoms in total. The Morgan fingerprint density at radius 1 is 1.36 bits per heavy atom. The fourth-order valence-corrected chi connectivity index (χ4v) is 2.22. The molecule has 0 atom stereocenters. The number of rotatable bonds is 4. The highest BCUT2D eigenvalue weighted by Crippen LogP contribution is 2.26. The van der Waals surface area contributed by atoms with Gasteiger partial charge in [0.2, 0.25) is 0 Å². The summed E-state index contributed by atoms with van der Waals surface area (Å²) in [5.74, 6) is -0.844. The van der Waals surface area contributed by atoms with Crippen LogP contribution in [-0.2, 0) is 4.79 Å². The molecule has 11 heavy (non-hydrogen) atoms. The molecule has 0 aliphatic heterocycles. The Kier molecular flexibility index (Phi) is 8.33. The summed E-state index contributed by atoms with van der Waals surface area (Å²) in [6.07, 6.45) is 0.541. The van der Waals surface area contributed by atoms with Crippen molar-refractivity contribution >= 4 is 57.6 Å². The van der Waals surface area contributed by atoms with Gasteiger partial charge in [0.15, 0.2) is 0 Å². The van der Waals surface area contributed by atoms with Gasteiger partial charge in [0, 0.05) is 6.42 Å². The molecule has 0 aliphatic rings. The third kappa shape index (κ3) is 13.8. The molecule has 0 rings (SSSR count). The van der Waals surface area contributed by atoms with E-state index >= 15 is 0 Å². The lowest BCUT2D eigenvalue weighted by Crippen LogP contribution is -2.09. The van der Waals surface area contributed by atoms with Crippen molar-refractivity contribution in [1.82, 2.24) is 0 Å². The van der Waals surface area contributed by atoms with Crippen LogP contribution in [0.5, 0.6) is 0 Å². The quantitative estimate of drug-likeness (QED) is 0.621. The minimum atomic E-state index is -2.57. The van der Waals surface area contributed by atoms with Gasteiger partial charge in [-0.1, -0.05) is 0 Å². The summed E-state index contributed by atoms with van der Waals surface area (Å²) in [6.45, 7) is 0. The fraction of sp³-hybridized carbons (Fsp3) is 0.750. The molecule has 0 spiro atoms. The summed E-state index contributed by atoms with van der Waals surface area (Å²) in [6, 6.07) is -2.15. The van der Waals surface area contributed by atoms with Crippen molar-refractivity contribution in [3.05, 3.63) is 0 Å². The average Bonchev–Trinajstić information content (AvgIpc) is 1.59. The van der Waals surface area contributed by atoms with Crippen molar-refractivity contribution in [1.29, 1.82) is 0 Å². The third-order valence-corrected chi connectivity index (χ3v) is 3.47.